The number of carbonyl (C=O) groups is 1. The lowest BCUT2D eigenvalue weighted by Gasteiger charge is -2.41. The van der Waals surface area contributed by atoms with Gasteiger partial charge in [-0.1, -0.05) is 11.3 Å². The minimum Gasteiger partial charge on any atom is -0.467 e. The number of piperidine rings is 2. The lowest BCUT2D eigenvalue weighted by Crippen LogP contribution is -2.50. The topological polar surface area (TPSA) is 54.9 Å². The van der Waals surface area contributed by atoms with Crippen molar-refractivity contribution >= 4 is 17.2 Å². The predicted molar refractivity (Wildman–Crippen MR) is 93.4 cm³/mol. The molecule has 2 fully saturated rings. The van der Waals surface area contributed by atoms with Crippen molar-refractivity contribution in [2.45, 2.75) is 44.2 Å². The van der Waals surface area contributed by atoms with Crippen molar-refractivity contribution in [3.63, 3.8) is 0 Å². The zero-order valence-corrected chi connectivity index (χ0v) is 15.2. The minimum atomic E-state index is 0.228. The Bertz CT molecular complexity index is 495. The Labute approximate surface area is 147 Å². The second-order valence-corrected chi connectivity index (χ2v) is 7.36. The highest BCUT2D eigenvalue weighted by atomic mass is 32.1. The summed E-state index contributed by atoms with van der Waals surface area (Å²) in [5, 5.41) is 2.74. The standard InChI is InChI=1S/C17H27N3O3S/c1-22-12-6-16(21)20-8-2-14(3-9-20)19-10-4-15(5-11-19)23-17-18-7-13-24-17/h7,13-15H,2-6,8-12H2,1H3. The van der Waals surface area contributed by atoms with E-state index in [1.807, 2.05) is 10.3 Å². The minimum absolute atomic E-state index is 0.228. The van der Waals surface area contributed by atoms with E-state index in [4.69, 9.17) is 9.47 Å². The van der Waals surface area contributed by atoms with Gasteiger partial charge in [0.25, 0.3) is 5.19 Å². The van der Waals surface area contributed by atoms with E-state index in [-0.39, 0.29) is 5.91 Å². The van der Waals surface area contributed by atoms with Gasteiger partial charge in [0.2, 0.25) is 5.91 Å². The monoisotopic (exact) mass is 353 g/mol. The van der Waals surface area contributed by atoms with Crippen LogP contribution in [0.1, 0.15) is 32.1 Å². The van der Waals surface area contributed by atoms with Crippen LogP contribution in [0.4, 0.5) is 0 Å². The predicted octanol–water partition coefficient (Wildman–Crippen LogP) is 2.01. The Kier molecular flexibility index (Phi) is 6.45. The van der Waals surface area contributed by atoms with Crippen molar-refractivity contribution in [3.8, 4) is 5.19 Å². The van der Waals surface area contributed by atoms with Crippen LogP contribution in [-0.4, -0.2) is 72.7 Å². The molecule has 6 nitrogen and oxygen atoms in total. The summed E-state index contributed by atoms with van der Waals surface area (Å²) >= 11 is 1.56. The van der Waals surface area contributed by atoms with E-state index in [0.717, 1.165) is 57.1 Å². The highest BCUT2D eigenvalue weighted by Gasteiger charge is 2.30. The Balaban J connectivity index is 1.38. The maximum absolute atomic E-state index is 12.0. The SMILES string of the molecule is COCCC(=O)N1CCC(N2CCC(Oc3nccs3)CC2)CC1. The maximum Gasteiger partial charge on any atom is 0.273 e. The van der Waals surface area contributed by atoms with Gasteiger partial charge in [-0.3, -0.25) is 9.69 Å². The van der Waals surface area contributed by atoms with Gasteiger partial charge < -0.3 is 14.4 Å². The van der Waals surface area contributed by atoms with E-state index in [0.29, 0.717) is 25.2 Å². The van der Waals surface area contributed by atoms with Gasteiger partial charge in [-0.05, 0) is 25.7 Å². The third-order valence-corrected chi connectivity index (χ3v) is 5.67. The Morgan fingerprint density at radius 3 is 2.62 bits per heavy atom. The summed E-state index contributed by atoms with van der Waals surface area (Å²) in [6.07, 6.45) is 6.87. The first kappa shape index (κ1) is 17.6. The number of ether oxygens (including phenoxy) is 2. The molecule has 134 valence electrons. The number of amides is 1. The number of hydrogen-bond donors (Lipinski definition) is 0. The first-order chi connectivity index (χ1) is 11.8. The number of thiazole rings is 1. The summed E-state index contributed by atoms with van der Waals surface area (Å²) in [6.45, 7) is 4.44. The molecule has 1 aromatic heterocycles. The molecule has 0 aromatic carbocycles. The molecule has 0 spiro atoms. The fourth-order valence-electron chi connectivity index (χ4n) is 3.60. The zero-order chi connectivity index (χ0) is 16.8. The van der Waals surface area contributed by atoms with Crippen LogP contribution in [0.2, 0.25) is 0 Å². The molecule has 1 amide bonds. The average molecular weight is 353 g/mol. The van der Waals surface area contributed by atoms with Crippen LogP contribution in [0.15, 0.2) is 11.6 Å². The average Bonchev–Trinajstić information content (AvgIpc) is 3.13. The molecule has 0 bridgehead atoms. The molecule has 0 unspecified atom stereocenters. The van der Waals surface area contributed by atoms with E-state index in [1.165, 1.54) is 0 Å². The quantitative estimate of drug-likeness (QED) is 0.783. The molecule has 3 rings (SSSR count). The second kappa shape index (κ2) is 8.78. The van der Waals surface area contributed by atoms with Crippen LogP contribution < -0.4 is 4.74 Å². The summed E-state index contributed by atoms with van der Waals surface area (Å²) < 4.78 is 10.9. The van der Waals surface area contributed by atoms with Gasteiger partial charge >= 0.3 is 0 Å². The summed E-state index contributed by atoms with van der Waals surface area (Å²) in [6, 6.07) is 0.609. The molecule has 0 aliphatic carbocycles. The molecule has 24 heavy (non-hydrogen) atoms. The number of hydrogen-bond acceptors (Lipinski definition) is 6. The van der Waals surface area contributed by atoms with Crippen molar-refractivity contribution in [2.24, 2.45) is 0 Å². The van der Waals surface area contributed by atoms with Gasteiger partial charge in [-0.2, -0.15) is 0 Å². The second-order valence-electron chi connectivity index (χ2n) is 6.51. The van der Waals surface area contributed by atoms with Gasteiger partial charge in [-0.25, -0.2) is 4.98 Å². The van der Waals surface area contributed by atoms with Gasteiger partial charge in [0.1, 0.15) is 6.10 Å². The molecular weight excluding hydrogens is 326 g/mol. The summed E-state index contributed by atoms with van der Waals surface area (Å²) in [5.74, 6) is 0.228. The summed E-state index contributed by atoms with van der Waals surface area (Å²) in [4.78, 5) is 20.8. The summed E-state index contributed by atoms with van der Waals surface area (Å²) in [5.41, 5.74) is 0. The molecule has 0 radical (unpaired) electrons. The first-order valence-electron chi connectivity index (χ1n) is 8.83. The number of likely N-dealkylation sites (tertiary alicyclic amines) is 2. The lowest BCUT2D eigenvalue weighted by atomic mass is 9.98. The fraction of sp³-hybridized carbons (Fsp3) is 0.765. The zero-order valence-electron chi connectivity index (χ0n) is 14.4. The molecule has 2 aliphatic rings. The normalized spacial score (nSPS) is 21.1. The van der Waals surface area contributed by atoms with Crippen LogP contribution in [0.5, 0.6) is 5.19 Å². The number of rotatable bonds is 6. The fourth-order valence-corrected chi connectivity index (χ4v) is 4.15. The molecular formula is C17H27N3O3S. The van der Waals surface area contributed by atoms with Crippen molar-refractivity contribution < 1.29 is 14.3 Å². The Morgan fingerprint density at radius 2 is 2.00 bits per heavy atom. The number of aromatic nitrogens is 1. The van der Waals surface area contributed by atoms with Gasteiger partial charge in [-0.15, -0.1) is 0 Å². The Hall–Kier alpha value is -1.18. The number of methoxy groups -OCH3 is 1. The molecule has 0 N–H and O–H groups in total. The van der Waals surface area contributed by atoms with E-state index in [1.54, 1.807) is 24.6 Å². The van der Waals surface area contributed by atoms with Gasteiger partial charge in [0.05, 0.1) is 13.0 Å². The van der Waals surface area contributed by atoms with E-state index in [9.17, 15) is 4.79 Å². The van der Waals surface area contributed by atoms with Crippen LogP contribution >= 0.6 is 11.3 Å². The maximum atomic E-state index is 12.0. The number of carbonyl (C=O) groups excluding carboxylic acids is 1. The van der Waals surface area contributed by atoms with Crippen LogP contribution in [0.25, 0.3) is 0 Å². The highest BCUT2D eigenvalue weighted by Crippen LogP contribution is 2.24. The van der Waals surface area contributed by atoms with Gasteiger partial charge in [0, 0.05) is 50.9 Å². The van der Waals surface area contributed by atoms with E-state index < -0.39 is 0 Å². The molecule has 1 aromatic rings. The highest BCUT2D eigenvalue weighted by molar-refractivity contribution is 7.11. The van der Waals surface area contributed by atoms with Crippen molar-refractivity contribution in [3.05, 3.63) is 11.6 Å². The molecule has 2 saturated heterocycles. The van der Waals surface area contributed by atoms with Gasteiger partial charge in [0.15, 0.2) is 0 Å². The molecule has 3 heterocycles. The molecule has 2 aliphatic heterocycles. The number of nitrogens with zero attached hydrogens (tertiary/aromatic N) is 3. The third-order valence-electron chi connectivity index (χ3n) is 5.01. The largest absolute Gasteiger partial charge is 0.467 e. The lowest BCUT2D eigenvalue weighted by molar-refractivity contribution is -0.133. The first-order valence-corrected chi connectivity index (χ1v) is 9.71. The van der Waals surface area contributed by atoms with Crippen LogP contribution in [-0.2, 0) is 9.53 Å². The van der Waals surface area contributed by atoms with Crippen molar-refractivity contribution in [1.82, 2.24) is 14.8 Å². The van der Waals surface area contributed by atoms with E-state index >= 15 is 0 Å². The smallest absolute Gasteiger partial charge is 0.273 e. The third kappa shape index (κ3) is 4.68. The molecule has 0 saturated carbocycles. The molecule has 7 heteroatoms. The van der Waals surface area contributed by atoms with E-state index in [2.05, 4.69) is 9.88 Å². The van der Waals surface area contributed by atoms with Crippen molar-refractivity contribution in [2.75, 3.05) is 39.9 Å². The van der Waals surface area contributed by atoms with Crippen molar-refractivity contribution in [1.29, 1.82) is 0 Å². The van der Waals surface area contributed by atoms with Crippen LogP contribution in [0.3, 0.4) is 0 Å². The Morgan fingerprint density at radius 1 is 1.25 bits per heavy atom. The van der Waals surface area contributed by atoms with Crippen LogP contribution in [0, 0.1) is 0 Å². The molecule has 0 atom stereocenters. The summed E-state index contributed by atoms with van der Waals surface area (Å²) in [7, 11) is 1.64.